The molecule has 0 heterocycles. The summed E-state index contributed by atoms with van der Waals surface area (Å²) in [5.74, 6) is -0.984. The Morgan fingerprint density at radius 2 is 2.00 bits per heavy atom. The molecule has 0 aromatic heterocycles. The fourth-order valence-electron chi connectivity index (χ4n) is 1.65. The van der Waals surface area contributed by atoms with Gasteiger partial charge < -0.3 is 5.73 Å². The number of hydrogen-bond donors (Lipinski definition) is 1. The van der Waals surface area contributed by atoms with Gasteiger partial charge in [-0.2, -0.15) is 0 Å². The van der Waals surface area contributed by atoms with Crippen molar-refractivity contribution in [3.63, 3.8) is 0 Å². The van der Waals surface area contributed by atoms with Gasteiger partial charge in [-0.05, 0) is 18.4 Å². The minimum atomic E-state index is -0.811. The van der Waals surface area contributed by atoms with E-state index in [4.69, 9.17) is 5.73 Å². The van der Waals surface area contributed by atoms with Gasteiger partial charge in [-0.25, -0.2) is 8.78 Å². The van der Waals surface area contributed by atoms with Crippen LogP contribution in [0.25, 0.3) is 0 Å². The Morgan fingerprint density at radius 3 is 2.60 bits per heavy atom. The molecule has 0 bridgehead atoms. The van der Waals surface area contributed by atoms with Gasteiger partial charge in [0.2, 0.25) is 0 Å². The van der Waals surface area contributed by atoms with E-state index in [0.717, 1.165) is 12.5 Å². The summed E-state index contributed by atoms with van der Waals surface area (Å²) in [4.78, 5) is 0. The zero-order valence-electron chi connectivity index (χ0n) is 8.25. The summed E-state index contributed by atoms with van der Waals surface area (Å²) >= 11 is 0. The minimum absolute atomic E-state index is 0. The standard InChI is InChI=1S/C11H13F2N.ClH/c12-9-3-1-2-8(11(9)13)10(14)6-7-4-5-7;/h1-3,7,10H,4-6,14H2;1H/t10-;/m1./s1. The Bertz CT molecular complexity index is 339. The molecule has 2 N–H and O–H groups in total. The van der Waals surface area contributed by atoms with Crippen LogP contribution in [0, 0.1) is 17.6 Å². The molecule has 1 aliphatic rings. The molecule has 0 radical (unpaired) electrons. The van der Waals surface area contributed by atoms with Crippen LogP contribution in [0.1, 0.15) is 30.9 Å². The van der Waals surface area contributed by atoms with Crippen LogP contribution in [0.15, 0.2) is 18.2 Å². The van der Waals surface area contributed by atoms with E-state index in [9.17, 15) is 8.78 Å². The summed E-state index contributed by atoms with van der Waals surface area (Å²) < 4.78 is 26.1. The van der Waals surface area contributed by atoms with Crippen LogP contribution in [0.5, 0.6) is 0 Å². The Kier molecular flexibility index (Phi) is 4.05. The number of benzene rings is 1. The van der Waals surface area contributed by atoms with Gasteiger partial charge in [0.05, 0.1) is 0 Å². The van der Waals surface area contributed by atoms with Gasteiger partial charge in [-0.3, -0.25) is 0 Å². The highest BCUT2D eigenvalue weighted by Crippen LogP contribution is 2.37. The summed E-state index contributed by atoms with van der Waals surface area (Å²) in [7, 11) is 0. The molecule has 1 aromatic carbocycles. The van der Waals surface area contributed by atoms with E-state index in [0.29, 0.717) is 11.5 Å². The lowest BCUT2D eigenvalue weighted by Crippen LogP contribution is -2.13. The van der Waals surface area contributed by atoms with E-state index in [-0.39, 0.29) is 18.4 Å². The molecule has 1 atom stereocenters. The molecule has 0 unspecified atom stereocenters. The zero-order valence-corrected chi connectivity index (χ0v) is 9.07. The average Bonchev–Trinajstić information content (AvgIpc) is 2.93. The molecule has 15 heavy (non-hydrogen) atoms. The van der Waals surface area contributed by atoms with Crippen LogP contribution in [0.4, 0.5) is 8.78 Å². The molecule has 1 aliphatic carbocycles. The fraction of sp³-hybridized carbons (Fsp3) is 0.455. The molecular weight excluding hydrogens is 220 g/mol. The van der Waals surface area contributed by atoms with Crippen molar-refractivity contribution in [3.8, 4) is 0 Å². The molecule has 1 saturated carbocycles. The topological polar surface area (TPSA) is 26.0 Å². The second kappa shape index (κ2) is 4.90. The lowest BCUT2D eigenvalue weighted by Gasteiger charge is -2.12. The van der Waals surface area contributed by atoms with Crippen LogP contribution < -0.4 is 5.73 Å². The molecule has 1 fully saturated rings. The van der Waals surface area contributed by atoms with Crippen LogP contribution >= 0.6 is 12.4 Å². The predicted molar refractivity (Wildman–Crippen MR) is 57.9 cm³/mol. The van der Waals surface area contributed by atoms with E-state index in [2.05, 4.69) is 0 Å². The highest BCUT2D eigenvalue weighted by Gasteiger charge is 2.26. The van der Waals surface area contributed by atoms with Crippen LogP contribution in [0.3, 0.4) is 0 Å². The molecule has 2 rings (SSSR count). The number of hydrogen-bond acceptors (Lipinski definition) is 1. The lowest BCUT2D eigenvalue weighted by molar-refractivity contribution is 0.478. The predicted octanol–water partition coefficient (Wildman–Crippen LogP) is 3.19. The Balaban J connectivity index is 0.00000112. The average molecular weight is 234 g/mol. The highest BCUT2D eigenvalue weighted by molar-refractivity contribution is 5.85. The first-order valence-corrected chi connectivity index (χ1v) is 4.88. The maximum atomic E-state index is 13.3. The first-order valence-electron chi connectivity index (χ1n) is 4.88. The Labute approximate surface area is 94.1 Å². The fourth-order valence-corrected chi connectivity index (χ4v) is 1.65. The molecular formula is C11H14ClF2N. The molecule has 0 aliphatic heterocycles. The van der Waals surface area contributed by atoms with Crippen molar-refractivity contribution < 1.29 is 8.78 Å². The first kappa shape index (κ1) is 12.4. The first-order chi connectivity index (χ1) is 6.68. The van der Waals surface area contributed by atoms with Crippen molar-refractivity contribution in [2.75, 3.05) is 0 Å². The summed E-state index contributed by atoms with van der Waals surface area (Å²) in [5, 5.41) is 0. The van der Waals surface area contributed by atoms with Gasteiger partial charge in [0, 0.05) is 11.6 Å². The van der Waals surface area contributed by atoms with Crippen molar-refractivity contribution in [2.45, 2.75) is 25.3 Å². The van der Waals surface area contributed by atoms with E-state index in [1.54, 1.807) is 6.07 Å². The molecule has 1 aromatic rings. The third-order valence-corrected chi connectivity index (χ3v) is 2.67. The summed E-state index contributed by atoms with van der Waals surface area (Å²) in [6.07, 6.45) is 3.11. The van der Waals surface area contributed by atoms with Gasteiger partial charge in [0.15, 0.2) is 11.6 Å². The smallest absolute Gasteiger partial charge is 0.163 e. The van der Waals surface area contributed by atoms with Gasteiger partial charge in [-0.1, -0.05) is 25.0 Å². The summed E-state index contributed by atoms with van der Waals surface area (Å²) in [5.41, 5.74) is 6.10. The monoisotopic (exact) mass is 233 g/mol. The van der Waals surface area contributed by atoms with Gasteiger partial charge in [0.1, 0.15) is 0 Å². The molecule has 4 heteroatoms. The van der Waals surface area contributed by atoms with Gasteiger partial charge in [0.25, 0.3) is 0 Å². The van der Waals surface area contributed by atoms with Crippen molar-refractivity contribution in [3.05, 3.63) is 35.4 Å². The largest absolute Gasteiger partial charge is 0.324 e. The van der Waals surface area contributed by atoms with E-state index < -0.39 is 11.6 Å². The molecule has 1 nitrogen and oxygen atoms in total. The van der Waals surface area contributed by atoms with E-state index in [1.807, 2.05) is 0 Å². The summed E-state index contributed by atoms with van der Waals surface area (Å²) in [6.45, 7) is 0. The second-order valence-corrected chi connectivity index (χ2v) is 3.93. The molecule has 0 saturated heterocycles. The maximum Gasteiger partial charge on any atom is 0.163 e. The number of halogens is 3. The third-order valence-electron chi connectivity index (χ3n) is 2.67. The molecule has 84 valence electrons. The van der Waals surface area contributed by atoms with Crippen LogP contribution in [-0.2, 0) is 0 Å². The minimum Gasteiger partial charge on any atom is -0.324 e. The van der Waals surface area contributed by atoms with Crippen molar-refractivity contribution in [1.82, 2.24) is 0 Å². The van der Waals surface area contributed by atoms with Crippen LogP contribution in [-0.4, -0.2) is 0 Å². The SMILES string of the molecule is Cl.N[C@H](CC1CC1)c1cccc(F)c1F. The number of rotatable bonds is 3. The van der Waals surface area contributed by atoms with Gasteiger partial charge in [-0.15, -0.1) is 12.4 Å². The maximum absolute atomic E-state index is 13.3. The van der Waals surface area contributed by atoms with Gasteiger partial charge >= 0.3 is 0 Å². The van der Waals surface area contributed by atoms with Crippen molar-refractivity contribution >= 4 is 12.4 Å². The normalized spacial score (nSPS) is 17.0. The highest BCUT2D eigenvalue weighted by atomic mass is 35.5. The van der Waals surface area contributed by atoms with E-state index >= 15 is 0 Å². The lowest BCUT2D eigenvalue weighted by atomic mass is 10.0. The number of nitrogens with two attached hydrogens (primary N) is 1. The van der Waals surface area contributed by atoms with Crippen molar-refractivity contribution in [1.29, 1.82) is 0 Å². The molecule has 0 amide bonds. The van der Waals surface area contributed by atoms with E-state index in [1.165, 1.54) is 18.9 Å². The summed E-state index contributed by atoms with van der Waals surface area (Å²) in [6, 6.07) is 3.81. The quantitative estimate of drug-likeness (QED) is 0.853. The molecule has 0 spiro atoms. The van der Waals surface area contributed by atoms with Crippen molar-refractivity contribution in [2.24, 2.45) is 11.7 Å². The Hall–Kier alpha value is -0.670. The zero-order chi connectivity index (χ0) is 10.1. The Morgan fingerprint density at radius 1 is 1.33 bits per heavy atom. The van der Waals surface area contributed by atoms with Crippen LogP contribution in [0.2, 0.25) is 0 Å². The third kappa shape index (κ3) is 2.89. The second-order valence-electron chi connectivity index (χ2n) is 3.93.